The van der Waals surface area contributed by atoms with Gasteiger partial charge in [-0.25, -0.2) is 8.78 Å². The molecular formula is C14H18ClF2NO. The van der Waals surface area contributed by atoms with Gasteiger partial charge >= 0.3 is 0 Å². The summed E-state index contributed by atoms with van der Waals surface area (Å²) in [6, 6.07) is 4.84. The molecule has 2 nitrogen and oxygen atoms in total. The van der Waals surface area contributed by atoms with E-state index in [0.29, 0.717) is 5.69 Å². The number of halogens is 3. The van der Waals surface area contributed by atoms with E-state index in [1.54, 1.807) is 6.07 Å². The minimum Gasteiger partial charge on any atom is -0.393 e. The Morgan fingerprint density at radius 1 is 1.26 bits per heavy atom. The molecule has 106 valence electrons. The molecule has 1 aliphatic carbocycles. The molecule has 19 heavy (non-hydrogen) atoms. The van der Waals surface area contributed by atoms with Crippen LogP contribution in [0.1, 0.15) is 38.2 Å². The molecule has 2 N–H and O–H groups in total. The zero-order valence-corrected chi connectivity index (χ0v) is 11.6. The van der Waals surface area contributed by atoms with Crippen LogP contribution in [0.3, 0.4) is 0 Å². The molecule has 0 aromatic heterocycles. The molecule has 0 saturated heterocycles. The minimum absolute atomic E-state index is 0.0807. The maximum Gasteiger partial charge on any atom is 0.272 e. The highest BCUT2D eigenvalue weighted by Crippen LogP contribution is 2.35. The maximum absolute atomic E-state index is 13.4. The highest BCUT2D eigenvalue weighted by atomic mass is 35.5. The third-order valence-electron chi connectivity index (χ3n) is 3.51. The summed E-state index contributed by atoms with van der Waals surface area (Å²) in [7, 11) is 0. The van der Waals surface area contributed by atoms with Gasteiger partial charge < -0.3 is 10.4 Å². The second-order valence-corrected chi connectivity index (χ2v) is 5.64. The monoisotopic (exact) mass is 289 g/mol. The standard InChI is InChI=1S/C14H18ClF2NO/c1-14(16,17)12-8-10(4-7-13(12)15)18-9-2-5-11(19)6-3-9/h4,7-9,11,18-19H,2-3,5-6H2,1H3. The van der Waals surface area contributed by atoms with E-state index in [-0.39, 0.29) is 22.7 Å². The summed E-state index contributed by atoms with van der Waals surface area (Å²) in [6.07, 6.45) is 2.98. The van der Waals surface area contributed by atoms with Gasteiger partial charge in [-0.1, -0.05) is 11.6 Å². The molecule has 0 heterocycles. The molecule has 0 amide bonds. The first-order valence-corrected chi connectivity index (χ1v) is 6.86. The summed E-state index contributed by atoms with van der Waals surface area (Å²) in [5, 5.41) is 12.8. The fourth-order valence-corrected chi connectivity index (χ4v) is 2.69. The lowest BCUT2D eigenvalue weighted by Gasteiger charge is -2.27. The summed E-state index contributed by atoms with van der Waals surface area (Å²) in [4.78, 5) is 0. The topological polar surface area (TPSA) is 32.3 Å². The van der Waals surface area contributed by atoms with Gasteiger partial charge in [-0.3, -0.25) is 0 Å². The second-order valence-electron chi connectivity index (χ2n) is 5.23. The van der Waals surface area contributed by atoms with Crippen molar-refractivity contribution in [3.8, 4) is 0 Å². The summed E-state index contributed by atoms with van der Waals surface area (Å²) in [6.45, 7) is 0.842. The normalized spacial score (nSPS) is 24.3. The van der Waals surface area contributed by atoms with Crippen LogP contribution in [0.5, 0.6) is 0 Å². The Bertz CT molecular complexity index is 440. The van der Waals surface area contributed by atoms with Crippen molar-refractivity contribution in [2.75, 3.05) is 5.32 Å². The molecule has 5 heteroatoms. The third-order valence-corrected chi connectivity index (χ3v) is 3.84. The number of alkyl halides is 2. The molecule has 0 bridgehead atoms. The van der Waals surface area contributed by atoms with Crippen molar-refractivity contribution < 1.29 is 13.9 Å². The molecule has 1 aromatic carbocycles. The molecule has 0 unspecified atom stereocenters. The van der Waals surface area contributed by atoms with Gasteiger partial charge in [-0.15, -0.1) is 0 Å². The zero-order valence-electron chi connectivity index (χ0n) is 10.8. The Hall–Kier alpha value is -0.870. The number of hydrogen-bond donors (Lipinski definition) is 2. The lowest BCUT2D eigenvalue weighted by atomic mass is 9.93. The van der Waals surface area contributed by atoms with Crippen LogP contribution in [0.15, 0.2) is 18.2 Å². The van der Waals surface area contributed by atoms with Crippen molar-refractivity contribution in [1.29, 1.82) is 0 Å². The summed E-state index contributed by atoms with van der Waals surface area (Å²) in [5.41, 5.74) is 0.498. The number of nitrogens with one attached hydrogen (secondary N) is 1. The number of rotatable bonds is 3. The molecule has 1 aliphatic rings. The molecule has 1 aromatic rings. The quantitative estimate of drug-likeness (QED) is 0.875. The molecule has 1 fully saturated rings. The average molecular weight is 290 g/mol. The predicted octanol–water partition coefficient (Wildman–Crippen LogP) is 4.17. The fraction of sp³-hybridized carbons (Fsp3) is 0.571. The summed E-state index contributed by atoms with van der Waals surface area (Å²) in [5.74, 6) is -2.95. The number of benzene rings is 1. The highest BCUT2D eigenvalue weighted by molar-refractivity contribution is 6.31. The van der Waals surface area contributed by atoms with E-state index in [2.05, 4.69) is 5.32 Å². The molecule has 0 spiro atoms. The van der Waals surface area contributed by atoms with E-state index >= 15 is 0 Å². The smallest absolute Gasteiger partial charge is 0.272 e. The van der Waals surface area contributed by atoms with Gasteiger partial charge in [0.2, 0.25) is 0 Å². The lowest BCUT2D eigenvalue weighted by Crippen LogP contribution is -2.28. The number of anilines is 1. The Labute approximate surface area is 116 Å². The number of hydrogen-bond acceptors (Lipinski definition) is 2. The first-order valence-electron chi connectivity index (χ1n) is 6.48. The van der Waals surface area contributed by atoms with E-state index in [1.807, 2.05) is 0 Å². The first-order chi connectivity index (χ1) is 8.86. The maximum atomic E-state index is 13.4. The molecule has 1 saturated carbocycles. The van der Waals surface area contributed by atoms with E-state index in [1.165, 1.54) is 12.1 Å². The number of aliphatic hydroxyl groups excluding tert-OH is 1. The van der Waals surface area contributed by atoms with E-state index < -0.39 is 5.92 Å². The van der Waals surface area contributed by atoms with Crippen molar-refractivity contribution in [1.82, 2.24) is 0 Å². The Balaban J connectivity index is 2.09. The van der Waals surface area contributed by atoms with Crippen LogP contribution in [0.4, 0.5) is 14.5 Å². The van der Waals surface area contributed by atoms with Crippen LogP contribution >= 0.6 is 11.6 Å². The van der Waals surface area contributed by atoms with Gasteiger partial charge in [-0.05, 0) is 43.9 Å². The van der Waals surface area contributed by atoms with E-state index in [4.69, 9.17) is 11.6 Å². The Morgan fingerprint density at radius 3 is 2.47 bits per heavy atom. The number of aliphatic hydroxyl groups is 1. The molecule has 0 aliphatic heterocycles. The molecule has 2 rings (SSSR count). The molecule has 0 atom stereocenters. The van der Waals surface area contributed by atoms with Gasteiger partial charge in [0.1, 0.15) is 0 Å². The van der Waals surface area contributed by atoms with Crippen molar-refractivity contribution in [3.63, 3.8) is 0 Å². The zero-order chi connectivity index (χ0) is 14.0. The van der Waals surface area contributed by atoms with Crippen LogP contribution in [0.25, 0.3) is 0 Å². The Morgan fingerprint density at radius 2 is 1.89 bits per heavy atom. The predicted molar refractivity (Wildman–Crippen MR) is 72.9 cm³/mol. The fourth-order valence-electron chi connectivity index (χ4n) is 2.41. The third kappa shape index (κ3) is 3.80. The summed E-state index contributed by atoms with van der Waals surface area (Å²) >= 11 is 5.80. The first kappa shape index (κ1) is 14.5. The largest absolute Gasteiger partial charge is 0.393 e. The van der Waals surface area contributed by atoms with Crippen LogP contribution in [0, 0.1) is 0 Å². The van der Waals surface area contributed by atoms with Crippen LogP contribution in [0.2, 0.25) is 5.02 Å². The highest BCUT2D eigenvalue weighted by Gasteiger charge is 2.28. The molecule has 0 radical (unpaired) electrons. The SMILES string of the molecule is CC(F)(F)c1cc(NC2CCC(O)CC2)ccc1Cl. The van der Waals surface area contributed by atoms with Crippen LogP contribution in [-0.4, -0.2) is 17.3 Å². The van der Waals surface area contributed by atoms with Crippen LogP contribution in [-0.2, 0) is 5.92 Å². The molecular weight excluding hydrogens is 272 g/mol. The van der Waals surface area contributed by atoms with Gasteiger partial charge in [0.05, 0.1) is 6.10 Å². The van der Waals surface area contributed by atoms with Crippen molar-refractivity contribution >= 4 is 17.3 Å². The van der Waals surface area contributed by atoms with Crippen LogP contribution < -0.4 is 5.32 Å². The van der Waals surface area contributed by atoms with E-state index in [0.717, 1.165) is 32.6 Å². The summed E-state index contributed by atoms with van der Waals surface area (Å²) < 4.78 is 26.8. The second kappa shape index (κ2) is 5.63. The van der Waals surface area contributed by atoms with Crippen molar-refractivity contribution in [3.05, 3.63) is 28.8 Å². The van der Waals surface area contributed by atoms with Gasteiger partial charge in [0, 0.05) is 29.2 Å². The van der Waals surface area contributed by atoms with Gasteiger partial charge in [0.15, 0.2) is 0 Å². The van der Waals surface area contributed by atoms with Crippen molar-refractivity contribution in [2.45, 2.75) is 50.7 Å². The van der Waals surface area contributed by atoms with Crippen molar-refractivity contribution in [2.24, 2.45) is 0 Å². The average Bonchev–Trinajstić information content (AvgIpc) is 2.33. The minimum atomic E-state index is -2.95. The van der Waals surface area contributed by atoms with Gasteiger partial charge in [0.25, 0.3) is 5.92 Å². The Kier molecular flexibility index (Phi) is 4.31. The van der Waals surface area contributed by atoms with Gasteiger partial charge in [-0.2, -0.15) is 0 Å². The lowest BCUT2D eigenvalue weighted by molar-refractivity contribution is 0.0176. The van der Waals surface area contributed by atoms with E-state index in [9.17, 15) is 13.9 Å².